The number of halogens is 6. The molecule has 27 heteroatoms. The van der Waals surface area contributed by atoms with Crippen LogP contribution in [0.4, 0.5) is 5.69 Å². The van der Waals surface area contributed by atoms with E-state index in [1.54, 1.807) is 136 Å². The first-order valence-corrected chi connectivity index (χ1v) is 24.0. The quantitative estimate of drug-likeness (QED) is 0.0556. The van der Waals surface area contributed by atoms with E-state index in [2.05, 4.69) is 26.6 Å². The summed E-state index contributed by atoms with van der Waals surface area (Å²) in [5.74, 6) is -4.76. The predicted molar refractivity (Wildman–Crippen MR) is 267 cm³/mol. The second-order valence-electron chi connectivity index (χ2n) is 12.8. The Labute approximate surface area is 430 Å². The summed E-state index contributed by atoms with van der Waals surface area (Å²) in [5, 5.41) is 99.9. The Kier molecular flexibility index (Phi) is 25.0. The SMILES string of the molecule is CC(=O)N(CC(O)CNC(=O)c1c(I)c(C(=O)NCC(O)CO)c(I)c(C(=O)NCC(O)CO)c1I)c1c(I)c(C(=O)NCC(O)CO)c(I)c(C(=O)NCC(O)CO)c1I. The van der Waals surface area contributed by atoms with E-state index in [4.69, 9.17) is 0 Å². The molecule has 340 valence electrons. The fourth-order valence-corrected chi connectivity index (χ4v) is 14.3. The lowest BCUT2D eigenvalue weighted by Crippen LogP contribution is -2.44. The molecule has 21 nitrogen and oxygen atoms in total. The van der Waals surface area contributed by atoms with Crippen LogP contribution in [0.2, 0.25) is 0 Å². The van der Waals surface area contributed by atoms with E-state index < -0.39 is 105 Å². The van der Waals surface area contributed by atoms with Gasteiger partial charge < -0.3 is 77.4 Å². The molecule has 0 spiro atoms. The lowest BCUT2D eigenvalue weighted by Gasteiger charge is -2.29. The van der Waals surface area contributed by atoms with Crippen LogP contribution in [0.25, 0.3) is 0 Å². The van der Waals surface area contributed by atoms with Crippen LogP contribution in [0, 0.1) is 21.4 Å². The van der Waals surface area contributed by atoms with Crippen molar-refractivity contribution in [3.05, 3.63) is 49.2 Å². The molecule has 2 rings (SSSR count). The van der Waals surface area contributed by atoms with E-state index >= 15 is 0 Å². The molecule has 0 aliphatic heterocycles. The minimum atomic E-state index is -1.54. The largest absolute Gasteiger partial charge is 0.394 e. The highest BCUT2D eigenvalue weighted by Crippen LogP contribution is 2.38. The minimum Gasteiger partial charge on any atom is -0.394 e. The van der Waals surface area contributed by atoms with E-state index in [1.165, 1.54) is 0 Å². The van der Waals surface area contributed by atoms with Crippen LogP contribution < -0.4 is 31.5 Å². The number of aliphatic hydroxyl groups is 9. The van der Waals surface area contributed by atoms with Gasteiger partial charge in [-0.05, 0) is 136 Å². The number of rotatable bonds is 22. The number of benzene rings is 2. The zero-order valence-corrected chi connectivity index (χ0v) is 44.6. The molecule has 0 fully saturated rings. The van der Waals surface area contributed by atoms with Gasteiger partial charge in [0.1, 0.15) is 0 Å². The molecule has 5 atom stereocenters. The zero-order chi connectivity index (χ0) is 46.5. The molecule has 0 bridgehead atoms. The summed E-state index contributed by atoms with van der Waals surface area (Å²) in [7, 11) is 0. The van der Waals surface area contributed by atoms with Crippen molar-refractivity contribution < 1.29 is 74.7 Å². The van der Waals surface area contributed by atoms with Crippen molar-refractivity contribution in [3.8, 4) is 0 Å². The number of carbonyl (C=O) groups excluding carboxylic acids is 6. The molecule has 2 aromatic carbocycles. The lowest BCUT2D eigenvalue weighted by atomic mass is 10.0. The van der Waals surface area contributed by atoms with E-state index in [9.17, 15) is 74.7 Å². The van der Waals surface area contributed by atoms with Crippen LogP contribution in [-0.4, -0.2) is 178 Å². The molecule has 0 aromatic heterocycles. The Morgan fingerprint density at radius 3 is 0.852 bits per heavy atom. The van der Waals surface area contributed by atoms with Crippen LogP contribution >= 0.6 is 136 Å². The molecule has 2 aromatic rings. The molecule has 5 unspecified atom stereocenters. The predicted octanol–water partition coefficient (Wildman–Crippen LogP) is -2.21. The van der Waals surface area contributed by atoms with Crippen molar-refractivity contribution in [3.63, 3.8) is 0 Å². The maximum atomic E-state index is 13.9. The topological polar surface area (TPSA) is 348 Å². The van der Waals surface area contributed by atoms with Crippen molar-refractivity contribution in [2.45, 2.75) is 37.4 Å². The van der Waals surface area contributed by atoms with Crippen LogP contribution in [0.3, 0.4) is 0 Å². The summed E-state index contributed by atoms with van der Waals surface area (Å²) in [6.45, 7) is -4.09. The molecule has 0 aliphatic carbocycles. The molecule has 0 radical (unpaired) electrons. The Hall–Kier alpha value is -0.720. The summed E-state index contributed by atoms with van der Waals surface area (Å²) in [6, 6.07) is 0. The van der Waals surface area contributed by atoms with Gasteiger partial charge in [0.15, 0.2) is 0 Å². The van der Waals surface area contributed by atoms with Gasteiger partial charge in [0.05, 0.1) is 104 Å². The molecule has 6 amide bonds. The fraction of sp³-hybridized carbons (Fsp3) is 0.471. The van der Waals surface area contributed by atoms with Crippen molar-refractivity contribution in [1.29, 1.82) is 0 Å². The third-order valence-corrected chi connectivity index (χ3v) is 14.5. The number of aliphatic hydroxyl groups excluding tert-OH is 9. The van der Waals surface area contributed by atoms with Gasteiger partial charge in [-0.15, -0.1) is 0 Å². The Balaban J connectivity index is 2.64. The van der Waals surface area contributed by atoms with Crippen LogP contribution in [0.5, 0.6) is 0 Å². The van der Waals surface area contributed by atoms with Gasteiger partial charge in [0.25, 0.3) is 29.5 Å². The van der Waals surface area contributed by atoms with Gasteiger partial charge in [-0.25, -0.2) is 0 Å². The van der Waals surface area contributed by atoms with Gasteiger partial charge in [-0.2, -0.15) is 0 Å². The minimum absolute atomic E-state index is 0.00544. The first-order chi connectivity index (χ1) is 28.6. The molecule has 14 N–H and O–H groups in total. The Bertz CT molecular complexity index is 1860. The fourth-order valence-electron chi connectivity index (χ4n) is 4.95. The summed E-state index contributed by atoms with van der Waals surface area (Å²) < 4.78 is 0.588. The highest BCUT2D eigenvalue weighted by atomic mass is 127. The summed E-state index contributed by atoms with van der Waals surface area (Å²) in [4.78, 5) is 82.2. The molecular formula is C34H42I6N6O15. The molecular weight excluding hydrogens is 1490 g/mol. The standard InChI is InChI=1S/C34H42I6N6O15/c1-12(51)46(29-27(39)21(33(60)44-5-16(55)10-49)26(38)22(28(29)40)34(61)45-6-17(56)11-50)7-13(52)2-41-30(57)18-23(35)19(31(58)42-3-14(53)8-47)25(37)20(24(18)36)32(59)43-4-15(54)9-48/h13-17,47-50,52-56H,2-11H2,1H3,(H,41,57)(H,42,58)(H,43,59)(H,44,60)(H,45,61). The van der Waals surface area contributed by atoms with Crippen molar-refractivity contribution >= 4 is 177 Å². The van der Waals surface area contributed by atoms with E-state index in [0.29, 0.717) is 0 Å². The number of carbonyl (C=O) groups is 6. The second kappa shape index (κ2) is 27.0. The lowest BCUT2D eigenvalue weighted by molar-refractivity contribution is -0.116. The van der Waals surface area contributed by atoms with E-state index in [0.717, 1.165) is 11.8 Å². The monoisotopic (exact) mass is 1540 g/mol. The van der Waals surface area contributed by atoms with Gasteiger partial charge in [-0.1, -0.05) is 0 Å². The van der Waals surface area contributed by atoms with Gasteiger partial charge in [-0.3, -0.25) is 28.8 Å². The van der Waals surface area contributed by atoms with Crippen molar-refractivity contribution in [2.75, 3.05) is 70.6 Å². The number of hydrogen-bond donors (Lipinski definition) is 14. The maximum Gasteiger partial charge on any atom is 0.253 e. The first kappa shape index (κ1) is 56.4. The molecule has 0 saturated heterocycles. The average molecular weight is 1540 g/mol. The van der Waals surface area contributed by atoms with Crippen LogP contribution in [0.15, 0.2) is 0 Å². The van der Waals surface area contributed by atoms with E-state index in [1.807, 2.05) is 0 Å². The average Bonchev–Trinajstić information content (AvgIpc) is 3.21. The summed E-state index contributed by atoms with van der Waals surface area (Å²) in [6.07, 6.45) is -6.82. The van der Waals surface area contributed by atoms with Gasteiger partial charge in [0, 0.05) is 53.9 Å². The number of hydrogen-bond acceptors (Lipinski definition) is 15. The highest BCUT2D eigenvalue weighted by molar-refractivity contribution is 14.1. The third-order valence-electron chi connectivity index (χ3n) is 8.12. The molecule has 0 heterocycles. The number of nitrogens with zero attached hydrogens (tertiary/aromatic N) is 1. The smallest absolute Gasteiger partial charge is 0.253 e. The normalized spacial score (nSPS) is 13.6. The first-order valence-electron chi connectivity index (χ1n) is 17.5. The van der Waals surface area contributed by atoms with Gasteiger partial charge >= 0.3 is 0 Å². The molecule has 0 saturated carbocycles. The Morgan fingerprint density at radius 1 is 0.426 bits per heavy atom. The zero-order valence-electron chi connectivity index (χ0n) is 31.6. The second-order valence-corrected chi connectivity index (χ2v) is 19.3. The van der Waals surface area contributed by atoms with Crippen LogP contribution in [-0.2, 0) is 4.79 Å². The van der Waals surface area contributed by atoms with Crippen molar-refractivity contribution in [2.24, 2.45) is 0 Å². The third kappa shape index (κ3) is 15.4. The number of nitrogens with one attached hydrogen (secondary N) is 5. The molecule has 0 aliphatic rings. The number of anilines is 1. The van der Waals surface area contributed by atoms with Gasteiger partial charge in [0.2, 0.25) is 5.91 Å². The van der Waals surface area contributed by atoms with Crippen molar-refractivity contribution in [1.82, 2.24) is 26.6 Å². The molecule has 61 heavy (non-hydrogen) atoms. The highest BCUT2D eigenvalue weighted by Gasteiger charge is 2.34. The number of amides is 6. The Morgan fingerprint density at radius 2 is 0.639 bits per heavy atom. The van der Waals surface area contributed by atoms with E-state index in [-0.39, 0.29) is 81.1 Å². The summed E-state index contributed by atoms with van der Waals surface area (Å²) >= 11 is 10.5. The summed E-state index contributed by atoms with van der Waals surface area (Å²) in [5.41, 5.74) is -0.680. The van der Waals surface area contributed by atoms with Crippen LogP contribution in [0.1, 0.15) is 58.7 Å². The maximum absolute atomic E-state index is 13.9.